The number of carboxylic acids is 1. The van der Waals surface area contributed by atoms with Crippen LogP contribution in [-0.2, 0) is 0 Å². The molecule has 0 aliphatic carbocycles. The van der Waals surface area contributed by atoms with E-state index in [-0.39, 0.29) is 5.56 Å². The van der Waals surface area contributed by atoms with Gasteiger partial charge in [0.15, 0.2) is 0 Å². The molecule has 0 aromatic heterocycles. The van der Waals surface area contributed by atoms with Crippen LogP contribution < -0.4 is 4.90 Å². The van der Waals surface area contributed by atoms with Gasteiger partial charge in [0.1, 0.15) is 5.56 Å². The smallest absolute Gasteiger partial charge is 0.342 e. The molecule has 1 N–H and O–H groups in total. The second kappa shape index (κ2) is 5.11. The Bertz CT molecular complexity index is 471. The summed E-state index contributed by atoms with van der Waals surface area (Å²) in [5.41, 5.74) is -0.135. The van der Waals surface area contributed by atoms with Crippen molar-refractivity contribution in [3.8, 4) is 0 Å². The number of hydrogen-bond donors (Lipinski definition) is 1. The van der Waals surface area contributed by atoms with Crippen LogP contribution in [0.4, 0.5) is 11.4 Å². The zero-order chi connectivity index (χ0) is 13.0. The highest BCUT2D eigenvalue weighted by atomic mass is 16.6. The summed E-state index contributed by atoms with van der Waals surface area (Å²) < 4.78 is 0. The molecule has 17 heavy (non-hydrogen) atoms. The molecule has 0 bridgehead atoms. The number of nitro groups is 1. The lowest BCUT2D eigenvalue weighted by Gasteiger charge is -2.17. The van der Waals surface area contributed by atoms with Crippen LogP contribution in [-0.4, -0.2) is 29.6 Å². The fraction of sp³-hybridized carbons (Fsp3) is 0.182. The summed E-state index contributed by atoms with van der Waals surface area (Å²) in [5.74, 6) is -1.31. The van der Waals surface area contributed by atoms with E-state index in [9.17, 15) is 14.9 Å². The highest BCUT2D eigenvalue weighted by Crippen LogP contribution is 2.24. The van der Waals surface area contributed by atoms with Crippen molar-refractivity contribution in [2.45, 2.75) is 0 Å². The average Bonchev–Trinajstić information content (AvgIpc) is 2.28. The number of likely N-dealkylation sites (N-methyl/N-ethyl adjacent to an activating group) is 1. The van der Waals surface area contributed by atoms with Gasteiger partial charge in [0.25, 0.3) is 5.69 Å². The molecule has 0 amide bonds. The maximum absolute atomic E-state index is 10.9. The van der Waals surface area contributed by atoms with E-state index in [0.29, 0.717) is 12.2 Å². The van der Waals surface area contributed by atoms with E-state index in [4.69, 9.17) is 5.11 Å². The molecular formula is C11H12N2O4. The van der Waals surface area contributed by atoms with Crippen LogP contribution in [0, 0.1) is 10.1 Å². The topological polar surface area (TPSA) is 83.7 Å². The van der Waals surface area contributed by atoms with Crippen molar-refractivity contribution in [1.82, 2.24) is 0 Å². The largest absolute Gasteiger partial charge is 0.477 e. The highest BCUT2D eigenvalue weighted by molar-refractivity contribution is 5.93. The van der Waals surface area contributed by atoms with Gasteiger partial charge < -0.3 is 10.0 Å². The van der Waals surface area contributed by atoms with Crippen LogP contribution in [0.1, 0.15) is 10.4 Å². The van der Waals surface area contributed by atoms with Crippen molar-refractivity contribution < 1.29 is 14.8 Å². The van der Waals surface area contributed by atoms with Gasteiger partial charge in [-0.3, -0.25) is 10.1 Å². The molecule has 6 heteroatoms. The average molecular weight is 236 g/mol. The molecule has 6 nitrogen and oxygen atoms in total. The summed E-state index contributed by atoms with van der Waals surface area (Å²) in [4.78, 5) is 22.6. The van der Waals surface area contributed by atoms with Crippen molar-refractivity contribution in [2.75, 3.05) is 18.5 Å². The van der Waals surface area contributed by atoms with Crippen molar-refractivity contribution in [3.05, 3.63) is 46.5 Å². The number of aromatic carboxylic acids is 1. The van der Waals surface area contributed by atoms with Crippen LogP contribution in [0.2, 0.25) is 0 Å². The van der Waals surface area contributed by atoms with Gasteiger partial charge in [-0.05, 0) is 12.1 Å². The van der Waals surface area contributed by atoms with Gasteiger partial charge in [0.05, 0.1) is 4.92 Å². The Morgan fingerprint density at radius 3 is 2.76 bits per heavy atom. The first kappa shape index (κ1) is 12.7. The Hall–Kier alpha value is -2.37. The normalized spacial score (nSPS) is 9.71. The first-order valence-electron chi connectivity index (χ1n) is 4.81. The molecule has 0 heterocycles. The van der Waals surface area contributed by atoms with E-state index < -0.39 is 16.6 Å². The maximum atomic E-state index is 10.9. The van der Waals surface area contributed by atoms with Gasteiger partial charge in [0, 0.05) is 25.3 Å². The molecule has 0 spiro atoms. The van der Waals surface area contributed by atoms with Crippen LogP contribution in [0.15, 0.2) is 30.9 Å². The summed E-state index contributed by atoms with van der Waals surface area (Å²) in [5, 5.41) is 19.6. The fourth-order valence-corrected chi connectivity index (χ4v) is 1.39. The number of carbonyl (C=O) groups is 1. The molecule has 0 aliphatic heterocycles. The number of carboxylic acid groups (broad SMARTS) is 1. The lowest BCUT2D eigenvalue weighted by atomic mass is 10.1. The first-order valence-corrected chi connectivity index (χ1v) is 4.81. The zero-order valence-electron chi connectivity index (χ0n) is 9.29. The van der Waals surface area contributed by atoms with Gasteiger partial charge in [-0.25, -0.2) is 4.79 Å². The van der Waals surface area contributed by atoms with Gasteiger partial charge in [0.2, 0.25) is 0 Å². The Morgan fingerprint density at radius 1 is 1.65 bits per heavy atom. The van der Waals surface area contributed by atoms with Gasteiger partial charge >= 0.3 is 5.97 Å². The van der Waals surface area contributed by atoms with Crippen molar-refractivity contribution in [3.63, 3.8) is 0 Å². The summed E-state index contributed by atoms with van der Waals surface area (Å²) in [6.45, 7) is 4.09. The Kier molecular flexibility index (Phi) is 3.82. The minimum Gasteiger partial charge on any atom is -0.477 e. The number of nitro benzene ring substituents is 1. The molecule has 1 aromatic carbocycles. The molecule has 0 unspecified atom stereocenters. The van der Waals surface area contributed by atoms with Crippen molar-refractivity contribution in [1.29, 1.82) is 0 Å². The molecule has 0 saturated carbocycles. The van der Waals surface area contributed by atoms with Gasteiger partial charge in [-0.2, -0.15) is 0 Å². The van der Waals surface area contributed by atoms with Crippen molar-refractivity contribution >= 4 is 17.3 Å². The molecule has 0 fully saturated rings. The number of benzene rings is 1. The monoisotopic (exact) mass is 236 g/mol. The van der Waals surface area contributed by atoms with Gasteiger partial charge in [-0.15, -0.1) is 6.58 Å². The molecule has 0 saturated heterocycles. The Balaban J connectivity index is 3.23. The highest BCUT2D eigenvalue weighted by Gasteiger charge is 2.20. The summed E-state index contributed by atoms with van der Waals surface area (Å²) in [6.07, 6.45) is 1.65. The zero-order valence-corrected chi connectivity index (χ0v) is 9.29. The summed E-state index contributed by atoms with van der Waals surface area (Å²) in [6, 6.07) is 3.98. The maximum Gasteiger partial charge on any atom is 0.342 e. The van der Waals surface area contributed by atoms with Crippen LogP contribution in [0.3, 0.4) is 0 Å². The van der Waals surface area contributed by atoms with Crippen molar-refractivity contribution in [2.24, 2.45) is 0 Å². The lowest BCUT2D eigenvalue weighted by Crippen LogP contribution is -2.17. The van der Waals surface area contributed by atoms with Crippen LogP contribution in [0.5, 0.6) is 0 Å². The third-order valence-electron chi connectivity index (χ3n) is 2.25. The van der Waals surface area contributed by atoms with E-state index in [0.717, 1.165) is 0 Å². The van der Waals surface area contributed by atoms with E-state index in [1.807, 2.05) is 0 Å². The Morgan fingerprint density at radius 2 is 2.29 bits per heavy atom. The molecule has 90 valence electrons. The standard InChI is InChI=1S/C11H12N2O4/c1-3-6-12(2)8-4-5-10(13(16)17)9(7-8)11(14)15/h3-5,7H,1,6H2,2H3,(H,14,15). The lowest BCUT2D eigenvalue weighted by molar-refractivity contribution is -0.385. The predicted molar refractivity (Wildman–Crippen MR) is 63.5 cm³/mol. The number of anilines is 1. The third-order valence-corrected chi connectivity index (χ3v) is 2.25. The number of rotatable bonds is 5. The molecule has 1 rings (SSSR count). The van der Waals surface area contributed by atoms with Gasteiger partial charge in [-0.1, -0.05) is 6.08 Å². The molecular weight excluding hydrogens is 224 g/mol. The van der Waals surface area contributed by atoms with Crippen LogP contribution in [0.25, 0.3) is 0 Å². The molecule has 0 radical (unpaired) electrons. The number of nitrogens with zero attached hydrogens (tertiary/aromatic N) is 2. The summed E-state index contributed by atoms with van der Waals surface area (Å²) >= 11 is 0. The Labute approximate surface area is 97.9 Å². The molecule has 1 aromatic rings. The number of hydrogen-bond acceptors (Lipinski definition) is 4. The predicted octanol–water partition coefficient (Wildman–Crippen LogP) is 1.92. The quantitative estimate of drug-likeness (QED) is 0.479. The van der Waals surface area contributed by atoms with Crippen LogP contribution >= 0.6 is 0 Å². The SMILES string of the molecule is C=CCN(C)c1ccc([N+](=O)[O-])c(C(=O)O)c1. The second-order valence-corrected chi connectivity index (χ2v) is 3.43. The minimum absolute atomic E-state index is 0.316. The molecule has 0 aliphatic rings. The minimum atomic E-state index is -1.31. The van der Waals surface area contributed by atoms with E-state index >= 15 is 0 Å². The first-order chi connectivity index (χ1) is 7.97. The van der Waals surface area contributed by atoms with E-state index in [2.05, 4.69) is 6.58 Å². The molecule has 0 atom stereocenters. The third kappa shape index (κ3) is 2.81. The second-order valence-electron chi connectivity index (χ2n) is 3.43. The summed E-state index contributed by atoms with van der Waals surface area (Å²) in [7, 11) is 1.74. The van der Waals surface area contributed by atoms with E-state index in [1.165, 1.54) is 18.2 Å². The van der Waals surface area contributed by atoms with E-state index in [1.54, 1.807) is 18.0 Å². The fourth-order valence-electron chi connectivity index (χ4n) is 1.39.